The average Bonchev–Trinajstić information content (AvgIpc) is 3.15. The Morgan fingerprint density at radius 2 is 1.97 bits per heavy atom. The molecule has 6 nitrogen and oxygen atoms in total. The first-order valence-electron chi connectivity index (χ1n) is 9.66. The van der Waals surface area contributed by atoms with Crippen molar-refractivity contribution < 1.29 is 27.4 Å². The topological polar surface area (TPSA) is 63.7 Å². The summed E-state index contributed by atoms with van der Waals surface area (Å²) in [5, 5.41) is 3.11. The van der Waals surface area contributed by atoms with E-state index in [9.17, 15) is 18.0 Å². The van der Waals surface area contributed by atoms with Gasteiger partial charge in [0.25, 0.3) is 5.19 Å². The number of fused-ring (bicyclic) bond motifs is 1. The average molecular weight is 451 g/mol. The molecule has 164 valence electrons. The number of nitrogens with one attached hydrogen (secondary N) is 1. The predicted molar refractivity (Wildman–Crippen MR) is 112 cm³/mol. The Kier molecular flexibility index (Phi) is 5.90. The van der Waals surface area contributed by atoms with Gasteiger partial charge in [-0.2, -0.15) is 13.2 Å². The number of alkyl halides is 3. The van der Waals surface area contributed by atoms with Gasteiger partial charge in [-0.25, -0.2) is 9.78 Å². The lowest BCUT2D eigenvalue weighted by molar-refractivity contribution is -0.137. The number of amides is 2. The fourth-order valence-corrected chi connectivity index (χ4v) is 4.27. The van der Waals surface area contributed by atoms with Crippen LogP contribution in [0.4, 0.5) is 23.7 Å². The van der Waals surface area contributed by atoms with E-state index in [1.54, 1.807) is 12.0 Å². The third kappa shape index (κ3) is 5.01. The van der Waals surface area contributed by atoms with Crippen molar-refractivity contribution in [3.05, 3.63) is 48.0 Å². The lowest BCUT2D eigenvalue weighted by atomic mass is 10.1. The van der Waals surface area contributed by atoms with Crippen LogP contribution in [-0.2, 0) is 6.18 Å². The highest BCUT2D eigenvalue weighted by Crippen LogP contribution is 2.33. The van der Waals surface area contributed by atoms with Gasteiger partial charge in [0.1, 0.15) is 11.9 Å². The fourth-order valence-electron chi connectivity index (χ4n) is 3.36. The van der Waals surface area contributed by atoms with Gasteiger partial charge >= 0.3 is 12.2 Å². The molecule has 0 atom stereocenters. The van der Waals surface area contributed by atoms with Crippen molar-refractivity contribution in [1.29, 1.82) is 0 Å². The van der Waals surface area contributed by atoms with Crippen molar-refractivity contribution in [2.45, 2.75) is 25.1 Å². The molecule has 31 heavy (non-hydrogen) atoms. The molecule has 1 N–H and O–H groups in total. The molecule has 0 aliphatic carbocycles. The Bertz CT molecular complexity index is 1080. The summed E-state index contributed by atoms with van der Waals surface area (Å²) in [6.07, 6.45) is -3.33. The molecule has 1 aromatic heterocycles. The van der Waals surface area contributed by atoms with Gasteiger partial charge in [0.05, 0.1) is 22.9 Å². The Labute approximate surface area is 180 Å². The number of anilines is 1. The third-order valence-electron chi connectivity index (χ3n) is 5.01. The van der Waals surface area contributed by atoms with Crippen LogP contribution >= 0.6 is 11.3 Å². The lowest BCUT2D eigenvalue weighted by Gasteiger charge is -2.31. The second-order valence-corrected chi connectivity index (χ2v) is 8.12. The van der Waals surface area contributed by atoms with Gasteiger partial charge in [0, 0.05) is 31.6 Å². The van der Waals surface area contributed by atoms with Crippen LogP contribution in [0.25, 0.3) is 10.2 Å². The number of halogens is 3. The molecule has 1 fully saturated rings. The van der Waals surface area contributed by atoms with Gasteiger partial charge in [-0.3, -0.25) is 0 Å². The molecule has 0 bridgehead atoms. The zero-order valence-electron chi connectivity index (χ0n) is 16.6. The minimum atomic E-state index is -4.46. The third-order valence-corrected chi connectivity index (χ3v) is 5.92. The Balaban J connectivity index is 1.32. The van der Waals surface area contributed by atoms with Crippen LogP contribution in [0.1, 0.15) is 18.4 Å². The van der Waals surface area contributed by atoms with Crippen LogP contribution in [0.2, 0.25) is 0 Å². The SMILES string of the molecule is COc1ccc2nc(OC3CCN(C(=O)Nc4cccc(C(F)(F)F)c4)CC3)sc2c1. The van der Waals surface area contributed by atoms with Crippen LogP contribution in [0.5, 0.6) is 10.9 Å². The highest BCUT2D eigenvalue weighted by Gasteiger charge is 2.31. The number of urea groups is 1. The maximum Gasteiger partial charge on any atom is 0.416 e. The summed E-state index contributed by atoms with van der Waals surface area (Å²) in [6.45, 7) is 0.877. The first kappa shape index (κ1) is 21.2. The highest BCUT2D eigenvalue weighted by molar-refractivity contribution is 7.20. The summed E-state index contributed by atoms with van der Waals surface area (Å²) in [6, 6.07) is 9.79. The Hall–Kier alpha value is -3.01. The van der Waals surface area contributed by atoms with E-state index < -0.39 is 17.8 Å². The van der Waals surface area contributed by atoms with Crippen LogP contribution in [-0.4, -0.2) is 42.2 Å². The molecule has 0 radical (unpaired) electrons. The number of carbonyl (C=O) groups excluding carboxylic acids is 1. The largest absolute Gasteiger partial charge is 0.497 e. The van der Waals surface area contributed by atoms with Gasteiger partial charge in [-0.05, 0) is 36.4 Å². The minimum absolute atomic E-state index is 0.0833. The molecule has 0 spiro atoms. The number of aromatic nitrogens is 1. The minimum Gasteiger partial charge on any atom is -0.497 e. The molecule has 1 aliphatic rings. The number of likely N-dealkylation sites (tertiary alicyclic amines) is 1. The molecule has 0 unspecified atom stereocenters. The zero-order chi connectivity index (χ0) is 22.0. The molecule has 10 heteroatoms. The summed E-state index contributed by atoms with van der Waals surface area (Å²) < 4.78 is 50.7. The molecule has 2 heterocycles. The molecule has 3 aromatic rings. The molecule has 1 saturated heterocycles. The van der Waals surface area contributed by atoms with Crippen molar-refractivity contribution in [3.8, 4) is 10.9 Å². The van der Waals surface area contributed by atoms with Crippen molar-refractivity contribution in [2.24, 2.45) is 0 Å². The van der Waals surface area contributed by atoms with Gasteiger partial charge in [0.2, 0.25) is 0 Å². The predicted octanol–water partition coefficient (Wildman–Crippen LogP) is 5.40. The summed E-state index contributed by atoms with van der Waals surface area (Å²) in [5.74, 6) is 0.753. The maximum absolute atomic E-state index is 12.8. The quantitative estimate of drug-likeness (QED) is 0.577. The van der Waals surface area contributed by atoms with E-state index in [0.717, 1.165) is 28.1 Å². The first-order valence-corrected chi connectivity index (χ1v) is 10.5. The monoisotopic (exact) mass is 451 g/mol. The first-order chi connectivity index (χ1) is 14.8. The van der Waals surface area contributed by atoms with Crippen molar-refractivity contribution in [3.63, 3.8) is 0 Å². The van der Waals surface area contributed by atoms with E-state index in [1.165, 1.54) is 23.5 Å². The number of piperidine rings is 1. The number of ether oxygens (including phenoxy) is 2. The van der Waals surface area contributed by atoms with Crippen molar-refractivity contribution in [2.75, 3.05) is 25.5 Å². The number of hydrogen-bond donors (Lipinski definition) is 1. The summed E-state index contributed by atoms with van der Waals surface area (Å²) in [4.78, 5) is 18.5. The van der Waals surface area contributed by atoms with Gasteiger partial charge in [-0.1, -0.05) is 17.4 Å². The van der Waals surface area contributed by atoms with Crippen LogP contribution in [0.3, 0.4) is 0 Å². The van der Waals surface area contributed by atoms with E-state index in [2.05, 4.69) is 10.3 Å². The summed E-state index contributed by atoms with van der Waals surface area (Å²) >= 11 is 1.43. The van der Waals surface area contributed by atoms with E-state index in [-0.39, 0.29) is 11.8 Å². The zero-order valence-corrected chi connectivity index (χ0v) is 17.4. The number of carbonyl (C=O) groups is 1. The molecular formula is C21H20F3N3O3S. The lowest BCUT2D eigenvalue weighted by Crippen LogP contribution is -2.43. The van der Waals surface area contributed by atoms with E-state index in [0.29, 0.717) is 31.1 Å². The van der Waals surface area contributed by atoms with E-state index >= 15 is 0 Å². The van der Waals surface area contributed by atoms with Gasteiger partial charge < -0.3 is 19.7 Å². The Morgan fingerprint density at radius 3 is 2.68 bits per heavy atom. The normalized spacial score (nSPS) is 15.2. The van der Waals surface area contributed by atoms with Crippen LogP contribution in [0.15, 0.2) is 42.5 Å². The number of hydrogen-bond acceptors (Lipinski definition) is 5. The highest BCUT2D eigenvalue weighted by atomic mass is 32.1. The van der Waals surface area contributed by atoms with Crippen molar-refractivity contribution >= 4 is 33.3 Å². The number of benzene rings is 2. The van der Waals surface area contributed by atoms with E-state index in [1.807, 2.05) is 18.2 Å². The number of methoxy groups -OCH3 is 1. The molecule has 4 rings (SSSR count). The second kappa shape index (κ2) is 8.62. The van der Waals surface area contributed by atoms with Gasteiger partial charge in [0.15, 0.2) is 0 Å². The van der Waals surface area contributed by atoms with E-state index in [4.69, 9.17) is 9.47 Å². The molecule has 2 amide bonds. The van der Waals surface area contributed by atoms with Crippen molar-refractivity contribution in [1.82, 2.24) is 9.88 Å². The number of rotatable bonds is 4. The molecule has 0 saturated carbocycles. The number of thiazole rings is 1. The molecule has 2 aromatic carbocycles. The number of nitrogens with zero attached hydrogens (tertiary/aromatic N) is 2. The Morgan fingerprint density at radius 1 is 1.19 bits per heavy atom. The van der Waals surface area contributed by atoms with Crippen LogP contribution < -0.4 is 14.8 Å². The summed E-state index contributed by atoms with van der Waals surface area (Å²) in [7, 11) is 1.61. The molecule has 1 aliphatic heterocycles. The standard InChI is InChI=1S/C21H20F3N3O3S/c1-29-16-5-6-17-18(12-16)31-20(26-17)30-15-7-9-27(10-8-15)19(28)25-14-4-2-3-13(11-14)21(22,23)24/h2-6,11-12,15H,7-10H2,1H3,(H,25,28). The second-order valence-electron chi connectivity index (χ2n) is 7.13. The summed E-state index contributed by atoms with van der Waals surface area (Å²) in [5.41, 5.74) is 0.146. The van der Waals surface area contributed by atoms with Crippen LogP contribution in [0, 0.1) is 0 Å². The smallest absolute Gasteiger partial charge is 0.416 e. The molecular weight excluding hydrogens is 431 g/mol. The van der Waals surface area contributed by atoms with Gasteiger partial charge in [-0.15, -0.1) is 0 Å². The fraction of sp³-hybridized carbons (Fsp3) is 0.333. The maximum atomic E-state index is 12.8.